The average Bonchev–Trinajstić information content (AvgIpc) is 2.95. The van der Waals surface area contributed by atoms with Crippen LogP contribution in [0.25, 0.3) is 0 Å². The van der Waals surface area contributed by atoms with Crippen LogP contribution >= 0.6 is 11.8 Å². The summed E-state index contributed by atoms with van der Waals surface area (Å²) in [5, 5.41) is 3.01. The Balaban J connectivity index is 2.23. The van der Waals surface area contributed by atoms with Crippen LogP contribution in [0.2, 0.25) is 0 Å². The van der Waals surface area contributed by atoms with Gasteiger partial charge in [0.2, 0.25) is 5.91 Å². The Hall–Kier alpha value is -1.49. The number of hydrogen-bond acceptors (Lipinski definition) is 3. The van der Waals surface area contributed by atoms with Crippen molar-refractivity contribution in [3.05, 3.63) is 35.4 Å². The average molecular weight is 349 g/mol. The van der Waals surface area contributed by atoms with Crippen LogP contribution in [0.4, 0.5) is 0 Å². The quantitative estimate of drug-likeness (QED) is 0.856. The fourth-order valence-electron chi connectivity index (χ4n) is 2.83. The zero-order valence-electron chi connectivity index (χ0n) is 15.0. The third-order valence-corrected chi connectivity index (χ3v) is 5.46. The second-order valence-corrected chi connectivity index (χ2v) is 8.01. The largest absolute Gasteiger partial charge is 0.354 e. The molecule has 0 saturated carbocycles. The summed E-state index contributed by atoms with van der Waals surface area (Å²) >= 11 is 1.72. The number of thioether (sulfide) groups is 1. The molecule has 5 heteroatoms. The Kier molecular flexibility index (Phi) is 6.72. The molecule has 0 aliphatic carbocycles. The maximum Gasteiger partial charge on any atom is 0.255 e. The molecule has 2 rings (SSSR count). The zero-order valence-corrected chi connectivity index (χ0v) is 15.9. The molecule has 1 aliphatic rings. The van der Waals surface area contributed by atoms with Crippen LogP contribution in [-0.2, 0) is 4.79 Å². The van der Waals surface area contributed by atoms with Crippen LogP contribution in [0, 0.1) is 12.8 Å². The van der Waals surface area contributed by atoms with Crippen LogP contribution in [-0.4, -0.2) is 40.4 Å². The molecule has 2 unspecified atom stereocenters. The highest BCUT2D eigenvalue weighted by Crippen LogP contribution is 2.34. The third-order valence-electron chi connectivity index (χ3n) is 4.15. The molecule has 0 radical (unpaired) electrons. The van der Waals surface area contributed by atoms with Crippen molar-refractivity contribution in [1.82, 2.24) is 10.2 Å². The summed E-state index contributed by atoms with van der Waals surface area (Å²) in [6.07, 6.45) is 1.80. The molecule has 1 aliphatic heterocycles. The summed E-state index contributed by atoms with van der Waals surface area (Å²) in [4.78, 5) is 27.4. The summed E-state index contributed by atoms with van der Waals surface area (Å²) in [5.41, 5.74) is 1.78. The van der Waals surface area contributed by atoms with Gasteiger partial charge in [0.25, 0.3) is 5.91 Å². The van der Waals surface area contributed by atoms with E-state index in [1.165, 1.54) is 0 Å². The molecule has 0 spiro atoms. The molecule has 2 amide bonds. The van der Waals surface area contributed by atoms with Crippen LogP contribution in [0.3, 0.4) is 0 Å². The number of amides is 2. The highest BCUT2D eigenvalue weighted by atomic mass is 32.2. The van der Waals surface area contributed by atoms with E-state index in [9.17, 15) is 9.59 Å². The number of carbonyl (C=O) groups is 2. The van der Waals surface area contributed by atoms with Gasteiger partial charge >= 0.3 is 0 Å². The summed E-state index contributed by atoms with van der Waals surface area (Å²) in [6.45, 7) is 8.99. The smallest absolute Gasteiger partial charge is 0.255 e. The Morgan fingerprint density at radius 1 is 1.29 bits per heavy atom. The lowest BCUT2D eigenvalue weighted by Crippen LogP contribution is -2.50. The molecule has 2 atom stereocenters. The van der Waals surface area contributed by atoms with Gasteiger partial charge in [-0.3, -0.25) is 9.59 Å². The van der Waals surface area contributed by atoms with Gasteiger partial charge in [-0.05, 0) is 37.8 Å². The summed E-state index contributed by atoms with van der Waals surface area (Å²) in [7, 11) is 0. The first-order valence-electron chi connectivity index (χ1n) is 8.72. The van der Waals surface area contributed by atoms with Crippen LogP contribution in [0.5, 0.6) is 0 Å². The van der Waals surface area contributed by atoms with E-state index in [4.69, 9.17) is 0 Å². The first kappa shape index (κ1) is 18.8. The lowest BCUT2D eigenvalue weighted by molar-refractivity contribution is -0.124. The fraction of sp³-hybridized carbons (Fsp3) is 0.579. The van der Waals surface area contributed by atoms with Crippen molar-refractivity contribution in [3.63, 3.8) is 0 Å². The van der Waals surface area contributed by atoms with Gasteiger partial charge in [0, 0.05) is 17.9 Å². The van der Waals surface area contributed by atoms with Crippen LogP contribution in [0.15, 0.2) is 24.3 Å². The first-order chi connectivity index (χ1) is 11.4. The minimum atomic E-state index is -0.376. The van der Waals surface area contributed by atoms with Crippen molar-refractivity contribution < 1.29 is 9.59 Å². The maximum atomic E-state index is 13.1. The molecule has 132 valence electrons. The first-order valence-corrected chi connectivity index (χ1v) is 9.77. The molecule has 1 saturated heterocycles. The lowest BCUT2D eigenvalue weighted by atomic mass is 10.1. The van der Waals surface area contributed by atoms with Gasteiger partial charge in [0.15, 0.2) is 0 Å². The highest BCUT2D eigenvalue weighted by Gasteiger charge is 2.41. The molecule has 0 aromatic heterocycles. The van der Waals surface area contributed by atoms with Gasteiger partial charge in [-0.1, -0.05) is 38.5 Å². The standard InChI is InChI=1S/C19H28N2O2S/c1-5-10-20-18(22)16-12-24-17(11-13(2)3)21(16)19(23)15-8-6-14(4)7-9-15/h6-9,13,16-17H,5,10-12H2,1-4H3,(H,20,22). The number of hydrogen-bond donors (Lipinski definition) is 1. The lowest BCUT2D eigenvalue weighted by Gasteiger charge is -2.30. The van der Waals surface area contributed by atoms with Crippen molar-refractivity contribution >= 4 is 23.6 Å². The number of nitrogens with zero attached hydrogens (tertiary/aromatic N) is 1. The number of rotatable bonds is 6. The summed E-state index contributed by atoms with van der Waals surface area (Å²) < 4.78 is 0. The van der Waals surface area contributed by atoms with E-state index in [-0.39, 0.29) is 23.2 Å². The molecular formula is C19H28N2O2S. The van der Waals surface area contributed by atoms with Gasteiger partial charge in [-0.2, -0.15) is 0 Å². The van der Waals surface area contributed by atoms with Gasteiger partial charge in [0.1, 0.15) is 6.04 Å². The molecule has 1 heterocycles. The molecular weight excluding hydrogens is 320 g/mol. The van der Waals surface area contributed by atoms with Crippen LogP contribution in [0.1, 0.15) is 49.5 Å². The minimum Gasteiger partial charge on any atom is -0.354 e. The van der Waals surface area contributed by atoms with Crippen molar-refractivity contribution in [2.24, 2.45) is 5.92 Å². The molecule has 0 bridgehead atoms. The van der Waals surface area contributed by atoms with E-state index in [0.29, 0.717) is 23.8 Å². The summed E-state index contributed by atoms with van der Waals surface area (Å²) in [5.74, 6) is 1.08. The van der Waals surface area contributed by atoms with Gasteiger partial charge < -0.3 is 10.2 Å². The minimum absolute atomic E-state index is 0.0314. The van der Waals surface area contributed by atoms with E-state index in [0.717, 1.165) is 18.4 Å². The SMILES string of the molecule is CCCNC(=O)C1CSC(CC(C)C)N1C(=O)c1ccc(C)cc1. The zero-order chi connectivity index (χ0) is 17.7. The normalized spacial score (nSPS) is 20.5. The Morgan fingerprint density at radius 3 is 2.54 bits per heavy atom. The van der Waals surface area contributed by atoms with E-state index in [1.807, 2.05) is 38.1 Å². The predicted octanol–water partition coefficient (Wildman–Crippen LogP) is 3.45. The Bertz CT molecular complexity index is 571. The van der Waals surface area contributed by atoms with E-state index >= 15 is 0 Å². The van der Waals surface area contributed by atoms with Gasteiger partial charge in [-0.15, -0.1) is 11.8 Å². The van der Waals surface area contributed by atoms with E-state index in [2.05, 4.69) is 19.2 Å². The second-order valence-electron chi connectivity index (χ2n) is 6.80. The number of carbonyl (C=O) groups excluding carboxylic acids is 2. The fourth-order valence-corrected chi connectivity index (χ4v) is 4.47. The van der Waals surface area contributed by atoms with Crippen molar-refractivity contribution in [2.75, 3.05) is 12.3 Å². The van der Waals surface area contributed by atoms with E-state index < -0.39 is 0 Å². The van der Waals surface area contributed by atoms with Crippen molar-refractivity contribution in [2.45, 2.75) is 52.0 Å². The molecule has 1 aromatic carbocycles. The van der Waals surface area contributed by atoms with Crippen molar-refractivity contribution in [3.8, 4) is 0 Å². The van der Waals surface area contributed by atoms with Gasteiger partial charge in [0.05, 0.1) is 5.37 Å². The molecule has 4 nitrogen and oxygen atoms in total. The molecule has 1 N–H and O–H groups in total. The third kappa shape index (κ3) is 4.53. The topological polar surface area (TPSA) is 49.4 Å². The number of nitrogens with one attached hydrogen (secondary N) is 1. The second kappa shape index (κ2) is 8.56. The maximum absolute atomic E-state index is 13.1. The molecule has 1 aromatic rings. The highest BCUT2D eigenvalue weighted by molar-refractivity contribution is 8.00. The Morgan fingerprint density at radius 2 is 1.96 bits per heavy atom. The molecule has 1 fully saturated rings. The summed E-state index contributed by atoms with van der Waals surface area (Å²) in [6, 6.07) is 7.22. The van der Waals surface area contributed by atoms with Gasteiger partial charge in [-0.25, -0.2) is 0 Å². The predicted molar refractivity (Wildman–Crippen MR) is 100 cm³/mol. The molecule has 24 heavy (non-hydrogen) atoms. The Labute approximate surface area is 149 Å². The number of benzene rings is 1. The van der Waals surface area contributed by atoms with Crippen molar-refractivity contribution in [1.29, 1.82) is 0 Å². The number of aryl methyl sites for hydroxylation is 1. The van der Waals surface area contributed by atoms with Crippen LogP contribution < -0.4 is 5.32 Å². The monoisotopic (exact) mass is 348 g/mol. The van der Waals surface area contributed by atoms with E-state index in [1.54, 1.807) is 16.7 Å².